The number of nitrogens with zero attached hydrogens (tertiary/aromatic N) is 3. The van der Waals surface area contributed by atoms with E-state index in [1.807, 2.05) is 30.3 Å². The van der Waals surface area contributed by atoms with Crippen LogP contribution in [0.3, 0.4) is 0 Å². The van der Waals surface area contributed by atoms with Crippen LogP contribution < -0.4 is 11.2 Å². The Labute approximate surface area is 164 Å². The Kier molecular flexibility index (Phi) is 4.71. The Balaban J connectivity index is 1.43. The summed E-state index contributed by atoms with van der Waals surface area (Å²) in [5.41, 5.74) is 1.05. The lowest BCUT2D eigenvalue weighted by Gasteiger charge is -2.13. The van der Waals surface area contributed by atoms with Crippen molar-refractivity contribution >= 4 is 28.0 Å². The number of aryl methyl sites for hydroxylation is 2. The molecular formula is C20H19N5O4. The van der Waals surface area contributed by atoms with Gasteiger partial charge in [-0.1, -0.05) is 18.2 Å². The first-order chi connectivity index (χ1) is 13.9. The van der Waals surface area contributed by atoms with Gasteiger partial charge in [0.25, 0.3) is 5.56 Å². The third-order valence-electron chi connectivity index (χ3n) is 4.76. The van der Waals surface area contributed by atoms with Crippen LogP contribution >= 0.6 is 0 Å². The fourth-order valence-corrected chi connectivity index (χ4v) is 3.13. The topological polar surface area (TPSA) is 123 Å². The first kappa shape index (κ1) is 18.6. The summed E-state index contributed by atoms with van der Waals surface area (Å²) in [4.78, 5) is 49.5. The van der Waals surface area contributed by atoms with Gasteiger partial charge >= 0.3 is 11.7 Å². The maximum atomic E-state index is 12.3. The van der Waals surface area contributed by atoms with E-state index in [0.717, 1.165) is 16.5 Å². The number of para-hydroxylation sites is 1. The van der Waals surface area contributed by atoms with E-state index in [1.165, 1.54) is 11.6 Å². The van der Waals surface area contributed by atoms with Gasteiger partial charge in [0.2, 0.25) is 0 Å². The number of hydrogen-bond acceptors (Lipinski definition) is 6. The zero-order chi connectivity index (χ0) is 20.5. The molecule has 0 amide bonds. The second-order valence-corrected chi connectivity index (χ2v) is 6.79. The van der Waals surface area contributed by atoms with Crippen LogP contribution in [0.4, 0.5) is 0 Å². The number of ether oxygens (including phenoxy) is 1. The predicted octanol–water partition coefficient (Wildman–Crippen LogP) is 1.74. The van der Waals surface area contributed by atoms with E-state index in [4.69, 9.17) is 4.74 Å². The van der Waals surface area contributed by atoms with Crippen LogP contribution in [-0.4, -0.2) is 30.5 Å². The van der Waals surface area contributed by atoms with Crippen LogP contribution in [0.5, 0.6) is 0 Å². The summed E-state index contributed by atoms with van der Waals surface area (Å²) in [6.45, 7) is 1.79. The van der Waals surface area contributed by atoms with E-state index in [-0.39, 0.29) is 24.0 Å². The molecule has 0 saturated carbocycles. The molecule has 0 aliphatic rings. The number of H-pyrrole nitrogens is 2. The molecule has 4 rings (SSSR count). The lowest BCUT2D eigenvalue weighted by molar-refractivity contribution is -0.148. The van der Waals surface area contributed by atoms with Crippen molar-refractivity contribution in [1.82, 2.24) is 24.5 Å². The highest BCUT2D eigenvalue weighted by Gasteiger charge is 2.15. The molecule has 0 spiro atoms. The smallest absolute Gasteiger partial charge is 0.329 e. The second-order valence-electron chi connectivity index (χ2n) is 6.79. The molecule has 148 valence electrons. The molecule has 0 radical (unpaired) electrons. The minimum atomic E-state index is -0.544. The molecule has 0 fully saturated rings. The Morgan fingerprint density at radius 2 is 2.03 bits per heavy atom. The zero-order valence-electron chi connectivity index (χ0n) is 15.9. The number of imidazole rings is 1. The number of nitrogens with one attached hydrogen (secondary N) is 2. The van der Waals surface area contributed by atoms with Gasteiger partial charge < -0.3 is 9.72 Å². The second kappa shape index (κ2) is 7.34. The number of fused-ring (bicyclic) bond motifs is 2. The number of esters is 1. The first-order valence-electron chi connectivity index (χ1n) is 9.14. The van der Waals surface area contributed by atoms with Gasteiger partial charge in [-0.2, -0.15) is 0 Å². The van der Waals surface area contributed by atoms with Crippen molar-refractivity contribution in [3.05, 3.63) is 68.8 Å². The number of aromatic nitrogens is 5. The quantitative estimate of drug-likeness (QED) is 0.498. The first-order valence-corrected chi connectivity index (χ1v) is 9.14. The molecule has 29 heavy (non-hydrogen) atoms. The zero-order valence-corrected chi connectivity index (χ0v) is 15.9. The van der Waals surface area contributed by atoms with Crippen molar-refractivity contribution in [2.45, 2.75) is 25.9 Å². The molecule has 4 aromatic rings. The van der Waals surface area contributed by atoms with E-state index in [9.17, 15) is 14.4 Å². The number of aromatic amines is 2. The normalized spacial score (nSPS) is 12.3. The minimum absolute atomic E-state index is 0.0804. The van der Waals surface area contributed by atoms with Crippen LogP contribution in [0.2, 0.25) is 0 Å². The third-order valence-corrected chi connectivity index (χ3v) is 4.76. The summed E-state index contributed by atoms with van der Waals surface area (Å²) in [5.74, 6) is 0.0394. The van der Waals surface area contributed by atoms with Gasteiger partial charge in [-0.05, 0) is 19.1 Å². The van der Waals surface area contributed by atoms with Gasteiger partial charge in [0.15, 0.2) is 5.65 Å². The van der Waals surface area contributed by atoms with Crippen molar-refractivity contribution in [3.63, 3.8) is 0 Å². The van der Waals surface area contributed by atoms with E-state index in [0.29, 0.717) is 5.82 Å². The van der Waals surface area contributed by atoms with E-state index in [1.54, 1.807) is 13.1 Å². The molecule has 0 aliphatic carbocycles. The average molecular weight is 393 g/mol. The summed E-state index contributed by atoms with van der Waals surface area (Å²) in [6.07, 6.45) is 1.59. The van der Waals surface area contributed by atoms with Crippen LogP contribution in [0.15, 0.2) is 46.1 Å². The molecule has 9 heteroatoms. The lowest BCUT2D eigenvalue weighted by Crippen LogP contribution is -2.28. The van der Waals surface area contributed by atoms with Gasteiger partial charge in [-0.15, -0.1) is 0 Å². The van der Waals surface area contributed by atoms with Gasteiger partial charge in [-0.25, -0.2) is 9.78 Å². The summed E-state index contributed by atoms with van der Waals surface area (Å²) < 4.78 is 6.74. The number of hydrogen-bond donors (Lipinski definition) is 2. The van der Waals surface area contributed by atoms with E-state index < -0.39 is 23.3 Å². The molecule has 0 bridgehead atoms. The van der Waals surface area contributed by atoms with Gasteiger partial charge in [0, 0.05) is 30.6 Å². The average Bonchev–Trinajstić information content (AvgIpc) is 3.15. The molecule has 1 aromatic carbocycles. The van der Waals surface area contributed by atoms with Crippen LogP contribution in [0, 0.1) is 0 Å². The maximum absolute atomic E-state index is 12.3. The van der Waals surface area contributed by atoms with Crippen molar-refractivity contribution in [3.8, 4) is 0 Å². The van der Waals surface area contributed by atoms with Crippen LogP contribution in [0.1, 0.15) is 30.8 Å². The molecule has 0 unspecified atom stereocenters. The minimum Gasteiger partial charge on any atom is -0.458 e. The largest absolute Gasteiger partial charge is 0.458 e. The van der Waals surface area contributed by atoms with Crippen molar-refractivity contribution in [1.29, 1.82) is 0 Å². The third kappa shape index (κ3) is 3.66. The molecule has 9 nitrogen and oxygen atoms in total. The highest BCUT2D eigenvalue weighted by molar-refractivity contribution is 5.79. The number of rotatable bonds is 5. The highest BCUT2D eigenvalue weighted by Crippen LogP contribution is 2.21. The predicted molar refractivity (Wildman–Crippen MR) is 107 cm³/mol. The highest BCUT2D eigenvalue weighted by atomic mass is 16.5. The Bertz CT molecular complexity index is 1330. The summed E-state index contributed by atoms with van der Waals surface area (Å²) in [6, 6.07) is 9.67. The van der Waals surface area contributed by atoms with Crippen molar-refractivity contribution < 1.29 is 9.53 Å². The molecule has 3 aromatic heterocycles. The van der Waals surface area contributed by atoms with Crippen LogP contribution in [-0.2, 0) is 23.0 Å². The summed E-state index contributed by atoms with van der Waals surface area (Å²) in [7, 11) is 1.51. The number of benzene rings is 1. The maximum Gasteiger partial charge on any atom is 0.329 e. The van der Waals surface area contributed by atoms with Crippen LogP contribution in [0.25, 0.3) is 22.1 Å². The number of carbonyl (C=O) groups excluding carboxylic acids is 1. The summed E-state index contributed by atoms with van der Waals surface area (Å²) in [5, 5.41) is 0.978. The van der Waals surface area contributed by atoms with Crippen molar-refractivity contribution in [2.24, 2.45) is 7.05 Å². The molecule has 0 saturated heterocycles. The van der Waals surface area contributed by atoms with Gasteiger partial charge in [0.1, 0.15) is 17.4 Å². The molecule has 2 N–H and O–H groups in total. The van der Waals surface area contributed by atoms with E-state index in [2.05, 4.69) is 19.9 Å². The lowest BCUT2D eigenvalue weighted by atomic mass is 10.1. The Hall–Kier alpha value is -3.75. The van der Waals surface area contributed by atoms with Crippen molar-refractivity contribution in [2.75, 3.05) is 0 Å². The van der Waals surface area contributed by atoms with Gasteiger partial charge in [0.05, 0.1) is 11.9 Å². The Morgan fingerprint density at radius 3 is 2.86 bits per heavy atom. The van der Waals surface area contributed by atoms with Gasteiger partial charge in [-0.3, -0.25) is 24.1 Å². The standard InChI is InChI=1S/C20H19N5O4/c1-11(13-9-12-5-3-4-6-14(12)21-10-13)29-16(26)8-7-15-22-17-18(23-15)25(2)20(28)24-19(17)27/h3-6,9-11H,7-8H2,1-2H3,(H,22,23)(H,24,27,28)/t11-/m0/s1. The monoisotopic (exact) mass is 393 g/mol. The SMILES string of the molecule is C[C@H](OC(=O)CCc1nc2c([nH]1)c(=O)[nH]c(=O)n2C)c1cnc2ccccc2c1. The molecule has 0 aliphatic heterocycles. The number of pyridine rings is 1. The fraction of sp³-hybridized carbons (Fsp3) is 0.250. The van der Waals surface area contributed by atoms with E-state index >= 15 is 0 Å². The summed E-state index contributed by atoms with van der Waals surface area (Å²) >= 11 is 0. The molecule has 1 atom stereocenters. The molecular weight excluding hydrogens is 374 g/mol. The Morgan fingerprint density at radius 1 is 1.24 bits per heavy atom. The number of carbonyl (C=O) groups is 1. The molecule has 3 heterocycles. The fourth-order valence-electron chi connectivity index (χ4n) is 3.13.